The van der Waals surface area contributed by atoms with Gasteiger partial charge in [-0.25, -0.2) is 4.21 Å². The molecule has 1 aliphatic heterocycles. The molecule has 2 atom stereocenters. The topological polar surface area (TPSA) is 49.8 Å². The second kappa shape index (κ2) is 4.15. The van der Waals surface area contributed by atoms with Crippen LogP contribution in [0.2, 0.25) is 0 Å². The van der Waals surface area contributed by atoms with Crippen molar-refractivity contribution in [2.75, 3.05) is 26.3 Å². The molecule has 0 amide bonds. The molecule has 0 radical (unpaired) electrons. The van der Waals surface area contributed by atoms with Gasteiger partial charge in [-0.15, -0.1) is 0 Å². The Hall–Kier alpha value is 0.0300. The first kappa shape index (κ1) is 9.12. The molecule has 2 unspecified atom stereocenters. The van der Waals surface area contributed by atoms with E-state index in [1.54, 1.807) is 6.92 Å². The maximum absolute atomic E-state index is 10.6. The fraction of sp³-hybridized carbons (Fsp3) is 1.00. The van der Waals surface area contributed by atoms with E-state index in [1.807, 2.05) is 4.90 Å². The maximum Gasteiger partial charge on any atom is 0.170 e. The summed E-state index contributed by atoms with van der Waals surface area (Å²) in [5.41, 5.74) is 0. The van der Waals surface area contributed by atoms with Gasteiger partial charge in [0.25, 0.3) is 0 Å². The lowest BCUT2D eigenvalue weighted by molar-refractivity contribution is 0.0335. The van der Waals surface area contributed by atoms with Gasteiger partial charge in [0.15, 0.2) is 11.1 Å². The quantitative estimate of drug-likeness (QED) is 0.601. The number of hydrogen-bond acceptors (Lipinski definition) is 3. The molecular weight excluding hydrogens is 166 g/mol. The van der Waals surface area contributed by atoms with Crippen molar-refractivity contribution in [2.24, 2.45) is 0 Å². The molecule has 1 rings (SSSR count). The molecule has 0 saturated carbocycles. The van der Waals surface area contributed by atoms with Crippen molar-refractivity contribution in [3.05, 3.63) is 0 Å². The minimum Gasteiger partial charge on any atom is -0.379 e. The molecule has 1 heterocycles. The van der Waals surface area contributed by atoms with Crippen molar-refractivity contribution >= 4 is 11.1 Å². The van der Waals surface area contributed by atoms with Crippen LogP contribution in [0.25, 0.3) is 0 Å². The molecule has 1 N–H and O–H groups in total. The van der Waals surface area contributed by atoms with Crippen LogP contribution < -0.4 is 0 Å². The van der Waals surface area contributed by atoms with Crippen molar-refractivity contribution in [2.45, 2.75) is 12.3 Å². The van der Waals surface area contributed by atoms with Gasteiger partial charge < -0.3 is 9.29 Å². The molecule has 0 spiro atoms. The lowest BCUT2D eigenvalue weighted by Crippen LogP contribution is -2.43. The molecule has 0 aromatic rings. The number of hydrogen-bond donors (Lipinski definition) is 1. The third kappa shape index (κ3) is 2.52. The zero-order valence-electron chi connectivity index (χ0n) is 6.52. The zero-order chi connectivity index (χ0) is 8.27. The molecular formula is C6H13NO3S. The Kier molecular flexibility index (Phi) is 3.45. The highest BCUT2D eigenvalue weighted by Gasteiger charge is 2.20. The maximum atomic E-state index is 10.6. The Morgan fingerprint density at radius 1 is 1.55 bits per heavy atom. The highest BCUT2D eigenvalue weighted by molar-refractivity contribution is 7.79. The highest BCUT2D eigenvalue weighted by Crippen LogP contribution is 2.05. The van der Waals surface area contributed by atoms with Crippen molar-refractivity contribution in [1.82, 2.24) is 4.90 Å². The van der Waals surface area contributed by atoms with E-state index >= 15 is 0 Å². The Bertz CT molecular complexity index is 147. The smallest absolute Gasteiger partial charge is 0.170 e. The van der Waals surface area contributed by atoms with E-state index in [4.69, 9.17) is 9.29 Å². The standard InChI is InChI=1S/C6H13NO3S/c1-6(11(8)9)7-2-4-10-5-3-7/h6H,2-5H2,1H3,(H,8,9). The molecule has 0 aromatic carbocycles. The summed E-state index contributed by atoms with van der Waals surface area (Å²) >= 11 is -1.74. The second-order valence-corrected chi connectivity index (χ2v) is 3.76. The first-order chi connectivity index (χ1) is 5.22. The summed E-state index contributed by atoms with van der Waals surface area (Å²) in [5.74, 6) is 0. The van der Waals surface area contributed by atoms with Crippen molar-refractivity contribution in [3.8, 4) is 0 Å². The van der Waals surface area contributed by atoms with E-state index in [0.29, 0.717) is 13.2 Å². The van der Waals surface area contributed by atoms with Crippen LogP contribution in [0.15, 0.2) is 0 Å². The lowest BCUT2D eigenvalue weighted by Gasteiger charge is -2.29. The van der Waals surface area contributed by atoms with Gasteiger partial charge in [-0.05, 0) is 6.92 Å². The summed E-state index contributed by atoms with van der Waals surface area (Å²) in [6, 6.07) is 0. The van der Waals surface area contributed by atoms with Crippen LogP contribution in [-0.4, -0.2) is 45.3 Å². The van der Waals surface area contributed by atoms with Gasteiger partial charge in [-0.2, -0.15) is 0 Å². The fourth-order valence-corrected chi connectivity index (χ4v) is 1.53. The molecule has 66 valence electrons. The van der Waals surface area contributed by atoms with Crippen LogP contribution in [-0.2, 0) is 15.8 Å². The van der Waals surface area contributed by atoms with Crippen LogP contribution in [0.3, 0.4) is 0 Å². The first-order valence-electron chi connectivity index (χ1n) is 3.63. The van der Waals surface area contributed by atoms with E-state index < -0.39 is 11.1 Å². The Morgan fingerprint density at radius 2 is 2.09 bits per heavy atom. The fourth-order valence-electron chi connectivity index (χ4n) is 1.07. The first-order valence-corrected chi connectivity index (χ1v) is 4.80. The molecule has 1 fully saturated rings. The molecule has 0 bridgehead atoms. The molecule has 4 nitrogen and oxygen atoms in total. The van der Waals surface area contributed by atoms with Gasteiger partial charge in [0.05, 0.1) is 13.2 Å². The van der Waals surface area contributed by atoms with Crippen molar-refractivity contribution in [1.29, 1.82) is 0 Å². The summed E-state index contributed by atoms with van der Waals surface area (Å²) in [5, 5.41) is -0.265. The number of morpholine rings is 1. The SMILES string of the molecule is CC(N1CCOCC1)S(=O)O. The molecule has 0 aromatic heterocycles. The second-order valence-electron chi connectivity index (χ2n) is 2.52. The van der Waals surface area contributed by atoms with Crippen molar-refractivity contribution < 1.29 is 13.5 Å². The van der Waals surface area contributed by atoms with E-state index in [2.05, 4.69) is 0 Å². The van der Waals surface area contributed by atoms with Crippen LogP contribution in [0.5, 0.6) is 0 Å². The number of rotatable bonds is 2. The number of nitrogens with zero attached hydrogens (tertiary/aromatic N) is 1. The minimum atomic E-state index is -1.74. The number of ether oxygens (including phenoxy) is 1. The van der Waals surface area contributed by atoms with Gasteiger partial charge in [-0.3, -0.25) is 4.90 Å². The molecule has 5 heteroatoms. The van der Waals surface area contributed by atoms with Crippen LogP contribution in [0, 0.1) is 0 Å². The summed E-state index contributed by atoms with van der Waals surface area (Å²) in [7, 11) is 0. The van der Waals surface area contributed by atoms with E-state index in [1.165, 1.54) is 0 Å². The summed E-state index contributed by atoms with van der Waals surface area (Å²) in [4.78, 5) is 1.96. The van der Waals surface area contributed by atoms with Gasteiger partial charge in [0, 0.05) is 13.1 Å². The van der Waals surface area contributed by atoms with E-state index in [-0.39, 0.29) is 5.37 Å². The predicted octanol–water partition coefficient (Wildman–Crippen LogP) is -0.114. The van der Waals surface area contributed by atoms with Gasteiger partial charge in [0.1, 0.15) is 5.37 Å². The summed E-state index contributed by atoms with van der Waals surface area (Å²) < 4.78 is 24.5. The summed E-state index contributed by atoms with van der Waals surface area (Å²) in [6.45, 7) is 4.60. The van der Waals surface area contributed by atoms with Gasteiger partial charge >= 0.3 is 0 Å². The molecule has 1 saturated heterocycles. The predicted molar refractivity (Wildman–Crippen MR) is 42.6 cm³/mol. The Labute approximate surface area is 68.8 Å². The van der Waals surface area contributed by atoms with E-state index in [9.17, 15) is 4.21 Å². The Morgan fingerprint density at radius 3 is 2.55 bits per heavy atom. The van der Waals surface area contributed by atoms with Crippen LogP contribution in [0.4, 0.5) is 0 Å². The zero-order valence-corrected chi connectivity index (χ0v) is 7.34. The largest absolute Gasteiger partial charge is 0.379 e. The molecule has 1 aliphatic rings. The lowest BCUT2D eigenvalue weighted by atomic mass is 10.4. The third-order valence-electron chi connectivity index (χ3n) is 1.85. The molecule has 11 heavy (non-hydrogen) atoms. The monoisotopic (exact) mass is 179 g/mol. The third-order valence-corrected chi connectivity index (χ3v) is 2.73. The van der Waals surface area contributed by atoms with Crippen LogP contribution in [0.1, 0.15) is 6.92 Å². The van der Waals surface area contributed by atoms with Crippen LogP contribution >= 0.6 is 0 Å². The Balaban J connectivity index is 2.38. The molecule has 0 aliphatic carbocycles. The summed E-state index contributed by atoms with van der Waals surface area (Å²) in [6.07, 6.45) is 0. The van der Waals surface area contributed by atoms with Gasteiger partial charge in [0.2, 0.25) is 0 Å². The van der Waals surface area contributed by atoms with Gasteiger partial charge in [-0.1, -0.05) is 0 Å². The minimum absolute atomic E-state index is 0.265. The average Bonchev–Trinajstić information content (AvgIpc) is 2.05. The van der Waals surface area contributed by atoms with Crippen molar-refractivity contribution in [3.63, 3.8) is 0 Å². The van der Waals surface area contributed by atoms with E-state index in [0.717, 1.165) is 13.1 Å². The normalized spacial score (nSPS) is 26.4. The average molecular weight is 179 g/mol. The highest BCUT2D eigenvalue weighted by atomic mass is 32.2.